The molecule has 206 valence electrons. The highest BCUT2D eigenvalue weighted by Crippen LogP contribution is 2.65. The number of nitrogens with zero attached hydrogens (tertiary/aromatic N) is 2. The van der Waals surface area contributed by atoms with Crippen LogP contribution < -0.4 is 10.1 Å². The quantitative estimate of drug-likeness (QED) is 0.351. The van der Waals surface area contributed by atoms with Crippen LogP contribution in [0.5, 0.6) is 5.75 Å². The number of ether oxygens (including phenoxy) is 2. The van der Waals surface area contributed by atoms with Gasteiger partial charge in [0, 0.05) is 41.7 Å². The number of aromatic nitrogens is 1. The summed E-state index contributed by atoms with van der Waals surface area (Å²) in [7, 11) is 0. The lowest BCUT2D eigenvalue weighted by Crippen LogP contribution is -2.50. The number of hydrogen-bond donors (Lipinski definition) is 1. The van der Waals surface area contributed by atoms with Gasteiger partial charge in [0.1, 0.15) is 0 Å². The molecule has 0 radical (unpaired) electrons. The standard InChI is InChI=1S/C30H34ClN3O5/c1-6-33(7-2)27(37)38-23-13-12-22-20(14-17-34(22)18-19-10-8-9-11-21(19)31)24(23)32-25(35)30-16-15-29(5,26(36)39-30)28(30,3)4/h8-14,17H,6-7,15-16,18H2,1-5H3,(H,32,35)/t29-,30+/m0/s1. The second-order valence-corrected chi connectivity index (χ2v) is 11.5. The number of anilines is 1. The van der Waals surface area contributed by atoms with Gasteiger partial charge in [0.15, 0.2) is 11.4 Å². The van der Waals surface area contributed by atoms with Crippen molar-refractivity contribution in [2.24, 2.45) is 10.8 Å². The van der Waals surface area contributed by atoms with Gasteiger partial charge in [-0.2, -0.15) is 0 Å². The molecule has 1 N–H and O–H groups in total. The van der Waals surface area contributed by atoms with Crippen LogP contribution in [0, 0.1) is 10.8 Å². The van der Waals surface area contributed by atoms with E-state index in [1.54, 1.807) is 11.0 Å². The molecule has 2 bridgehead atoms. The van der Waals surface area contributed by atoms with Crippen LogP contribution in [0.3, 0.4) is 0 Å². The SMILES string of the molecule is CCN(CC)C(=O)Oc1ccc2c(ccn2Cc2ccccc2Cl)c1NC(=O)[C@@]12CC[C@@](C)(C(=O)O1)C2(C)C. The highest BCUT2D eigenvalue weighted by Gasteiger charge is 2.75. The van der Waals surface area contributed by atoms with E-state index in [1.807, 2.05) is 81.8 Å². The van der Waals surface area contributed by atoms with Crippen LogP contribution in [0.15, 0.2) is 48.7 Å². The monoisotopic (exact) mass is 551 g/mol. The van der Waals surface area contributed by atoms with Crippen molar-refractivity contribution in [2.75, 3.05) is 18.4 Å². The predicted octanol–water partition coefficient (Wildman–Crippen LogP) is 6.24. The third-order valence-electron chi connectivity index (χ3n) is 9.12. The molecule has 0 spiro atoms. The summed E-state index contributed by atoms with van der Waals surface area (Å²) in [6.07, 6.45) is 2.38. The smallest absolute Gasteiger partial charge is 0.415 e. The van der Waals surface area contributed by atoms with Crippen molar-refractivity contribution in [3.8, 4) is 5.75 Å². The number of carbonyl (C=O) groups is 3. The minimum absolute atomic E-state index is 0.225. The summed E-state index contributed by atoms with van der Waals surface area (Å²) in [5, 5.41) is 4.38. The molecule has 1 saturated heterocycles. The molecule has 2 fully saturated rings. The largest absolute Gasteiger partial charge is 0.448 e. The third kappa shape index (κ3) is 3.99. The van der Waals surface area contributed by atoms with E-state index in [9.17, 15) is 14.4 Å². The van der Waals surface area contributed by atoms with Gasteiger partial charge in [0.25, 0.3) is 5.91 Å². The fourth-order valence-electron chi connectivity index (χ4n) is 6.02. The Labute approximate surface area is 233 Å². The number of benzene rings is 2. The average molecular weight is 552 g/mol. The lowest BCUT2D eigenvalue weighted by molar-refractivity contribution is -0.165. The number of nitrogens with one attached hydrogen (secondary N) is 1. The predicted molar refractivity (Wildman–Crippen MR) is 150 cm³/mol. The van der Waals surface area contributed by atoms with E-state index in [4.69, 9.17) is 21.1 Å². The fourth-order valence-corrected chi connectivity index (χ4v) is 6.21. The van der Waals surface area contributed by atoms with Crippen LogP contribution >= 0.6 is 11.6 Å². The van der Waals surface area contributed by atoms with E-state index in [0.717, 1.165) is 11.1 Å². The van der Waals surface area contributed by atoms with E-state index in [1.165, 1.54) is 0 Å². The van der Waals surface area contributed by atoms with Crippen molar-refractivity contribution in [3.63, 3.8) is 0 Å². The molecule has 2 amide bonds. The Kier molecular flexibility index (Phi) is 6.66. The fraction of sp³-hybridized carbons (Fsp3) is 0.433. The minimum atomic E-state index is -1.32. The van der Waals surface area contributed by atoms with Crippen LogP contribution in [0.2, 0.25) is 5.02 Å². The number of amides is 2. The van der Waals surface area contributed by atoms with Crippen LogP contribution in [0.1, 0.15) is 53.0 Å². The maximum absolute atomic E-state index is 14.0. The summed E-state index contributed by atoms with van der Waals surface area (Å²) in [5.41, 5.74) is -0.651. The zero-order valence-electron chi connectivity index (χ0n) is 23.0. The minimum Gasteiger partial charge on any atom is -0.448 e. The number of rotatable bonds is 7. The Bertz CT molecular complexity index is 1480. The summed E-state index contributed by atoms with van der Waals surface area (Å²) in [5.74, 6) is -0.553. The van der Waals surface area contributed by atoms with Crippen LogP contribution in [0.25, 0.3) is 10.9 Å². The van der Waals surface area contributed by atoms with E-state index in [0.29, 0.717) is 48.6 Å². The maximum Gasteiger partial charge on any atom is 0.415 e. The second-order valence-electron chi connectivity index (χ2n) is 11.1. The number of fused-ring (bicyclic) bond motifs is 3. The molecular formula is C30H34ClN3O5. The topological polar surface area (TPSA) is 89.9 Å². The highest BCUT2D eigenvalue weighted by atomic mass is 35.5. The van der Waals surface area contributed by atoms with Gasteiger partial charge >= 0.3 is 12.1 Å². The lowest BCUT2D eigenvalue weighted by atomic mass is 9.66. The first-order chi connectivity index (χ1) is 18.5. The Hall–Kier alpha value is -3.52. The molecule has 5 rings (SSSR count). The van der Waals surface area contributed by atoms with Gasteiger partial charge in [-0.15, -0.1) is 0 Å². The Morgan fingerprint density at radius 3 is 2.41 bits per heavy atom. The molecule has 2 aliphatic rings. The Balaban J connectivity index is 1.57. The maximum atomic E-state index is 14.0. The molecule has 2 aromatic carbocycles. The molecule has 1 aliphatic heterocycles. The van der Waals surface area contributed by atoms with Crippen molar-refractivity contribution in [1.29, 1.82) is 0 Å². The van der Waals surface area contributed by atoms with E-state index >= 15 is 0 Å². The molecule has 2 atom stereocenters. The lowest BCUT2D eigenvalue weighted by Gasteiger charge is -2.35. The van der Waals surface area contributed by atoms with Crippen molar-refractivity contribution >= 4 is 46.2 Å². The zero-order valence-corrected chi connectivity index (χ0v) is 23.7. The normalized spacial score (nSPS) is 23.1. The molecule has 1 saturated carbocycles. The first kappa shape index (κ1) is 27.1. The van der Waals surface area contributed by atoms with E-state index in [2.05, 4.69) is 5.32 Å². The van der Waals surface area contributed by atoms with Crippen molar-refractivity contribution in [1.82, 2.24) is 9.47 Å². The van der Waals surface area contributed by atoms with Gasteiger partial charge < -0.3 is 24.3 Å². The molecule has 3 aromatic rings. The highest BCUT2D eigenvalue weighted by molar-refractivity contribution is 6.31. The van der Waals surface area contributed by atoms with Gasteiger partial charge in [0.05, 0.1) is 16.6 Å². The number of halogens is 1. The van der Waals surface area contributed by atoms with E-state index < -0.39 is 28.4 Å². The van der Waals surface area contributed by atoms with Crippen LogP contribution in [-0.2, 0) is 20.9 Å². The summed E-state index contributed by atoms with van der Waals surface area (Å²) >= 11 is 6.42. The summed E-state index contributed by atoms with van der Waals surface area (Å²) in [6.45, 7) is 10.9. The first-order valence-corrected chi connectivity index (χ1v) is 13.7. The average Bonchev–Trinajstić information content (AvgIpc) is 3.44. The van der Waals surface area contributed by atoms with Crippen molar-refractivity contribution < 1.29 is 23.9 Å². The summed E-state index contributed by atoms with van der Waals surface area (Å²) in [6, 6.07) is 13.0. The molecular weight excluding hydrogens is 518 g/mol. The van der Waals surface area contributed by atoms with Gasteiger partial charge in [0.2, 0.25) is 0 Å². The zero-order chi connectivity index (χ0) is 28.2. The number of hydrogen-bond acceptors (Lipinski definition) is 5. The second kappa shape index (κ2) is 9.59. The molecule has 1 aliphatic carbocycles. The first-order valence-electron chi connectivity index (χ1n) is 13.4. The summed E-state index contributed by atoms with van der Waals surface area (Å²) in [4.78, 5) is 41.3. The Morgan fingerprint density at radius 1 is 1.08 bits per heavy atom. The van der Waals surface area contributed by atoms with Gasteiger partial charge in [-0.05, 0) is 63.4 Å². The molecule has 39 heavy (non-hydrogen) atoms. The van der Waals surface area contributed by atoms with Gasteiger partial charge in [-0.3, -0.25) is 9.59 Å². The number of esters is 1. The van der Waals surface area contributed by atoms with Crippen molar-refractivity contribution in [2.45, 2.75) is 59.6 Å². The molecule has 1 aromatic heterocycles. The molecule has 2 heterocycles. The third-order valence-corrected chi connectivity index (χ3v) is 9.49. The van der Waals surface area contributed by atoms with Crippen LogP contribution in [0.4, 0.5) is 10.5 Å². The molecule has 9 heteroatoms. The number of carbonyl (C=O) groups excluding carboxylic acids is 3. The van der Waals surface area contributed by atoms with Gasteiger partial charge in [-0.1, -0.05) is 43.6 Å². The van der Waals surface area contributed by atoms with Crippen LogP contribution in [-0.4, -0.2) is 46.1 Å². The Morgan fingerprint density at radius 2 is 1.79 bits per heavy atom. The van der Waals surface area contributed by atoms with Crippen molar-refractivity contribution in [3.05, 3.63) is 59.2 Å². The molecule has 0 unspecified atom stereocenters. The van der Waals surface area contributed by atoms with E-state index in [-0.39, 0.29) is 11.7 Å². The molecule has 8 nitrogen and oxygen atoms in total. The van der Waals surface area contributed by atoms with Gasteiger partial charge in [-0.25, -0.2) is 4.79 Å². The summed E-state index contributed by atoms with van der Waals surface area (Å²) < 4.78 is 13.6.